The van der Waals surface area contributed by atoms with Gasteiger partial charge in [-0.05, 0) is 43.6 Å². The molecule has 24 heavy (non-hydrogen) atoms. The Kier molecular flexibility index (Phi) is 2.30. The molecule has 3 nitrogen and oxygen atoms in total. The number of rotatable bonds is 1. The van der Waals surface area contributed by atoms with E-state index in [1.165, 1.54) is 6.07 Å². The number of hydrogen-bond donors (Lipinski definition) is 0. The van der Waals surface area contributed by atoms with Crippen LogP contribution in [0.3, 0.4) is 0 Å². The molecule has 0 radical (unpaired) electrons. The summed E-state index contributed by atoms with van der Waals surface area (Å²) in [6.45, 7) is -0.397. The summed E-state index contributed by atoms with van der Waals surface area (Å²) in [6.07, 6.45) is -0.0585. The Morgan fingerprint density at radius 3 is 2.79 bits per heavy atom. The van der Waals surface area contributed by atoms with Crippen LogP contribution in [0.2, 0.25) is 0 Å². The highest BCUT2D eigenvalue weighted by atomic mass is 16.3. The minimum absolute atomic E-state index is 0.00634. The summed E-state index contributed by atoms with van der Waals surface area (Å²) in [7, 11) is 1.68. The minimum atomic E-state index is -2.35. The molecule has 0 atom stereocenters. The normalized spacial score (nSPS) is 14.0. The fourth-order valence-corrected chi connectivity index (χ4v) is 3.13. The van der Waals surface area contributed by atoms with Gasteiger partial charge in [-0.15, -0.1) is 0 Å². The second kappa shape index (κ2) is 5.21. The van der Waals surface area contributed by atoms with E-state index in [0.717, 1.165) is 21.9 Å². The number of fused-ring (bicyclic) bond motifs is 3. The summed E-state index contributed by atoms with van der Waals surface area (Å²) >= 11 is 0. The van der Waals surface area contributed by atoms with Gasteiger partial charge in [-0.3, -0.25) is 0 Å². The van der Waals surface area contributed by atoms with Crippen molar-refractivity contribution in [3.05, 3.63) is 65.3 Å². The third-order valence-electron chi connectivity index (χ3n) is 4.29. The first-order chi connectivity index (χ1) is 13.2. The van der Waals surface area contributed by atoms with Crippen LogP contribution in [0.25, 0.3) is 33.2 Å². The molecule has 0 aliphatic carbocycles. The van der Waals surface area contributed by atoms with E-state index in [-0.39, 0.29) is 11.7 Å². The fourth-order valence-electron chi connectivity index (χ4n) is 3.13. The van der Waals surface area contributed by atoms with E-state index in [4.69, 9.17) is 15.2 Å². The van der Waals surface area contributed by atoms with Crippen molar-refractivity contribution in [1.29, 1.82) is 5.26 Å². The van der Waals surface area contributed by atoms with Crippen molar-refractivity contribution in [2.75, 3.05) is 0 Å². The van der Waals surface area contributed by atoms with Crippen LogP contribution in [0.5, 0.6) is 0 Å². The van der Waals surface area contributed by atoms with Crippen LogP contribution >= 0.6 is 0 Å². The van der Waals surface area contributed by atoms with Crippen molar-refractivity contribution in [3.63, 3.8) is 0 Å². The number of benzene rings is 2. The smallest absolute Gasteiger partial charge is 0.216 e. The van der Waals surface area contributed by atoms with Crippen molar-refractivity contribution < 1.29 is 14.5 Å². The average molecular weight is 317 g/mol. The molecule has 0 fully saturated rings. The number of aryl methyl sites for hydroxylation is 2. The molecular formula is C21H17N2O+. The van der Waals surface area contributed by atoms with E-state index < -0.39 is 6.85 Å². The third kappa shape index (κ3) is 2.08. The molecule has 0 aliphatic heterocycles. The van der Waals surface area contributed by atoms with Crippen LogP contribution in [-0.2, 0) is 7.05 Å². The average Bonchev–Trinajstić information content (AvgIpc) is 3.00. The molecule has 0 amide bonds. The topological polar surface area (TPSA) is 40.8 Å². The van der Waals surface area contributed by atoms with Crippen molar-refractivity contribution in [3.8, 4) is 17.3 Å². The lowest BCUT2D eigenvalue weighted by Crippen LogP contribution is -2.31. The summed E-state index contributed by atoms with van der Waals surface area (Å²) in [4.78, 5) is 0. The number of pyridine rings is 1. The Morgan fingerprint density at radius 2 is 2.00 bits per heavy atom. The van der Waals surface area contributed by atoms with Crippen molar-refractivity contribution in [2.24, 2.45) is 7.05 Å². The Labute approximate surface area is 146 Å². The molecule has 0 N–H and O–H groups in total. The van der Waals surface area contributed by atoms with E-state index in [9.17, 15) is 0 Å². The number of nitrogens with zero attached hydrogens (tertiary/aromatic N) is 2. The van der Waals surface area contributed by atoms with Crippen LogP contribution in [0.4, 0.5) is 0 Å². The quantitative estimate of drug-likeness (QED) is 0.483. The zero-order chi connectivity index (χ0) is 20.2. The van der Waals surface area contributed by atoms with Gasteiger partial charge in [0.15, 0.2) is 6.17 Å². The predicted molar refractivity (Wildman–Crippen MR) is 94.5 cm³/mol. The largest absolute Gasteiger partial charge is 0.455 e. The number of furan rings is 1. The molecular weight excluding hydrogens is 296 g/mol. The highest BCUT2D eigenvalue weighted by molar-refractivity contribution is 6.09. The van der Waals surface area contributed by atoms with E-state index >= 15 is 0 Å². The molecule has 4 rings (SSSR count). The van der Waals surface area contributed by atoms with Gasteiger partial charge < -0.3 is 4.42 Å². The molecule has 0 spiro atoms. The lowest BCUT2D eigenvalue weighted by atomic mass is 10.00. The second-order valence-electron chi connectivity index (χ2n) is 5.86. The van der Waals surface area contributed by atoms with E-state index in [1.807, 2.05) is 25.1 Å². The molecule has 0 bridgehead atoms. The molecule has 0 saturated carbocycles. The van der Waals surface area contributed by atoms with Crippen LogP contribution < -0.4 is 4.57 Å². The van der Waals surface area contributed by atoms with Gasteiger partial charge in [-0.2, -0.15) is 5.26 Å². The maximum atomic E-state index is 9.15. The highest BCUT2D eigenvalue weighted by Gasteiger charge is 2.20. The van der Waals surface area contributed by atoms with Crippen LogP contribution in [0.1, 0.15) is 22.2 Å². The Balaban J connectivity index is 2.05. The van der Waals surface area contributed by atoms with Crippen LogP contribution in [0, 0.1) is 25.1 Å². The maximum absolute atomic E-state index is 9.15. The van der Waals surface area contributed by atoms with E-state index in [1.54, 1.807) is 29.8 Å². The van der Waals surface area contributed by atoms with E-state index in [2.05, 4.69) is 6.07 Å². The van der Waals surface area contributed by atoms with Gasteiger partial charge in [0.1, 0.15) is 19.6 Å². The van der Waals surface area contributed by atoms with Crippen molar-refractivity contribution in [2.45, 2.75) is 13.8 Å². The van der Waals surface area contributed by atoms with Gasteiger partial charge in [0.25, 0.3) is 0 Å². The lowest BCUT2D eigenvalue weighted by Gasteiger charge is -2.05. The molecule has 0 aliphatic rings. The zero-order valence-corrected chi connectivity index (χ0v) is 13.3. The van der Waals surface area contributed by atoms with Gasteiger partial charge in [-0.1, -0.05) is 12.1 Å². The van der Waals surface area contributed by atoms with Gasteiger partial charge >= 0.3 is 0 Å². The van der Waals surface area contributed by atoms with Gasteiger partial charge in [0, 0.05) is 26.5 Å². The number of nitriles is 1. The second-order valence-corrected chi connectivity index (χ2v) is 5.86. The minimum Gasteiger partial charge on any atom is -0.455 e. The molecule has 0 unspecified atom stereocenters. The standard InChI is InChI=1S/C21H17N2O/c1-13-4-9-18(23(3)12-13)20-14(2)5-7-17-16-8-6-15(11-22)10-19(16)24-21(17)20/h4-10,12H,1-3H3/q+1/i1D3,12D. The number of aromatic nitrogens is 1. The first-order valence-electron chi connectivity index (χ1n) is 9.59. The van der Waals surface area contributed by atoms with Crippen LogP contribution in [-0.4, -0.2) is 0 Å². The monoisotopic (exact) mass is 317 g/mol. The molecule has 2 aromatic heterocycles. The van der Waals surface area contributed by atoms with Gasteiger partial charge in [-0.25, -0.2) is 4.57 Å². The molecule has 0 saturated heterocycles. The van der Waals surface area contributed by atoms with E-state index in [0.29, 0.717) is 22.4 Å². The summed E-state index contributed by atoms with van der Waals surface area (Å²) in [5.41, 5.74) is 4.25. The predicted octanol–water partition coefficient (Wildman–Crippen LogP) is 4.57. The molecule has 2 heterocycles. The highest BCUT2D eigenvalue weighted by Crippen LogP contribution is 2.37. The SMILES string of the molecule is [2H]c1c(C([2H])([2H])[2H])ccc(-c2c(C)ccc3c2oc2cc(C#N)ccc23)[n+]1C. The van der Waals surface area contributed by atoms with Gasteiger partial charge in [0.05, 0.1) is 17.2 Å². The summed E-state index contributed by atoms with van der Waals surface area (Å²) in [5, 5.41) is 11.0. The maximum Gasteiger partial charge on any atom is 0.216 e. The van der Waals surface area contributed by atoms with Crippen molar-refractivity contribution in [1.82, 2.24) is 0 Å². The van der Waals surface area contributed by atoms with Crippen LogP contribution in [0.15, 0.2) is 53.1 Å². The lowest BCUT2D eigenvalue weighted by molar-refractivity contribution is -0.660. The Hall–Kier alpha value is -3.12. The fraction of sp³-hybridized carbons (Fsp3) is 0.143. The van der Waals surface area contributed by atoms with Gasteiger partial charge in [0.2, 0.25) is 5.69 Å². The molecule has 4 aromatic rings. The molecule has 116 valence electrons. The first kappa shape index (κ1) is 10.6. The van der Waals surface area contributed by atoms with Crippen molar-refractivity contribution >= 4 is 21.9 Å². The Morgan fingerprint density at radius 1 is 1.17 bits per heavy atom. The zero-order valence-electron chi connectivity index (χ0n) is 17.3. The third-order valence-corrected chi connectivity index (χ3v) is 4.29. The summed E-state index contributed by atoms with van der Waals surface area (Å²) < 4.78 is 38.9. The summed E-state index contributed by atoms with van der Waals surface area (Å²) in [6, 6.07) is 14.6. The summed E-state index contributed by atoms with van der Waals surface area (Å²) in [5.74, 6) is 0. The first-order valence-corrected chi connectivity index (χ1v) is 7.59. The Bertz CT molecular complexity index is 1300. The number of hydrogen-bond acceptors (Lipinski definition) is 2. The molecule has 3 heteroatoms. The molecule has 2 aromatic carbocycles.